The lowest BCUT2D eigenvalue weighted by Gasteiger charge is -2.35. The van der Waals surface area contributed by atoms with Crippen molar-refractivity contribution in [3.63, 3.8) is 0 Å². The number of aryl methyl sites for hydroxylation is 2. The van der Waals surface area contributed by atoms with Gasteiger partial charge in [-0.2, -0.15) is 13.2 Å². The summed E-state index contributed by atoms with van der Waals surface area (Å²) in [6.45, 7) is 7.04. The van der Waals surface area contributed by atoms with Gasteiger partial charge in [0.1, 0.15) is 6.54 Å². The third-order valence-electron chi connectivity index (χ3n) is 6.91. The van der Waals surface area contributed by atoms with Gasteiger partial charge in [0.2, 0.25) is 0 Å². The highest BCUT2D eigenvalue weighted by Gasteiger charge is 2.45. The van der Waals surface area contributed by atoms with Crippen molar-refractivity contribution in [2.75, 3.05) is 6.54 Å². The molecule has 0 heterocycles. The number of benzene rings is 3. The van der Waals surface area contributed by atoms with E-state index in [1.807, 2.05) is 55.6 Å². The summed E-state index contributed by atoms with van der Waals surface area (Å²) < 4.78 is 39.4. The summed E-state index contributed by atoms with van der Waals surface area (Å²) >= 11 is 0. The van der Waals surface area contributed by atoms with Crippen LogP contribution in [0.5, 0.6) is 0 Å². The van der Waals surface area contributed by atoms with E-state index in [-0.39, 0.29) is 0 Å². The van der Waals surface area contributed by atoms with Gasteiger partial charge in [-0.1, -0.05) is 79.7 Å². The van der Waals surface area contributed by atoms with Crippen LogP contribution in [0.15, 0.2) is 84.0 Å². The number of hydrogen-bond acceptors (Lipinski definition) is 2. The van der Waals surface area contributed by atoms with Gasteiger partial charge in [-0.3, -0.25) is 4.99 Å². The van der Waals surface area contributed by atoms with Crippen LogP contribution in [0.25, 0.3) is 11.1 Å². The summed E-state index contributed by atoms with van der Waals surface area (Å²) in [4.78, 5) is 4.56. The third kappa shape index (κ3) is 4.90. The fourth-order valence-electron chi connectivity index (χ4n) is 5.37. The van der Waals surface area contributed by atoms with Crippen molar-refractivity contribution >= 4 is 11.9 Å². The summed E-state index contributed by atoms with van der Waals surface area (Å²) in [7, 11) is 0. The van der Waals surface area contributed by atoms with Gasteiger partial charge in [-0.15, -0.1) is 0 Å². The number of allylic oxidation sites excluding steroid dienone is 1. The molecule has 182 valence electrons. The normalized spacial score (nSPS) is 14.1. The molecule has 3 aromatic rings. The Bertz CT molecular complexity index is 1190. The van der Waals surface area contributed by atoms with Crippen molar-refractivity contribution in [1.82, 2.24) is 5.32 Å². The molecule has 0 radical (unpaired) electrons. The first-order valence-electron chi connectivity index (χ1n) is 12.0. The fourth-order valence-corrected chi connectivity index (χ4v) is 5.37. The molecule has 0 aliphatic heterocycles. The van der Waals surface area contributed by atoms with Crippen LogP contribution in [0.4, 0.5) is 18.9 Å². The van der Waals surface area contributed by atoms with Gasteiger partial charge in [0, 0.05) is 11.9 Å². The van der Waals surface area contributed by atoms with Gasteiger partial charge in [-0.05, 0) is 66.5 Å². The lowest BCUT2D eigenvalue weighted by atomic mass is 9.71. The molecule has 0 bridgehead atoms. The van der Waals surface area contributed by atoms with Crippen molar-refractivity contribution in [1.29, 1.82) is 0 Å². The van der Waals surface area contributed by atoms with E-state index in [0.29, 0.717) is 12.1 Å². The summed E-state index contributed by atoms with van der Waals surface area (Å²) in [5.41, 5.74) is 7.21. The number of halogens is 3. The molecule has 5 heteroatoms. The summed E-state index contributed by atoms with van der Waals surface area (Å²) in [6, 6.07) is 22.2. The van der Waals surface area contributed by atoms with Gasteiger partial charge < -0.3 is 5.32 Å². The first-order chi connectivity index (χ1) is 16.8. The van der Waals surface area contributed by atoms with E-state index in [0.717, 1.165) is 52.8 Å². The number of rotatable bonds is 9. The van der Waals surface area contributed by atoms with Gasteiger partial charge in [0.05, 0.1) is 11.1 Å². The van der Waals surface area contributed by atoms with E-state index in [2.05, 4.69) is 48.1 Å². The SMILES string of the molecule is C=C(NCC(F)(F)F)C1(CCCCc2cccc(C)c2N=CC)c2ccccc2-c2ccccc21. The Labute approximate surface area is 205 Å². The molecule has 0 saturated carbocycles. The molecule has 0 fully saturated rings. The molecule has 0 saturated heterocycles. The first-order valence-corrected chi connectivity index (χ1v) is 12.0. The molecule has 3 aromatic carbocycles. The Balaban J connectivity index is 1.64. The average Bonchev–Trinajstić information content (AvgIpc) is 3.13. The minimum Gasteiger partial charge on any atom is -0.379 e. The molecule has 35 heavy (non-hydrogen) atoms. The number of aliphatic imine (C=N–C) groups is 1. The van der Waals surface area contributed by atoms with Crippen LogP contribution in [-0.4, -0.2) is 18.9 Å². The molecule has 2 nitrogen and oxygen atoms in total. The fraction of sp³-hybridized carbons (Fsp3) is 0.300. The van der Waals surface area contributed by atoms with E-state index in [4.69, 9.17) is 0 Å². The van der Waals surface area contributed by atoms with E-state index < -0.39 is 18.1 Å². The summed E-state index contributed by atoms with van der Waals surface area (Å²) in [5.74, 6) is 0. The molecule has 0 unspecified atom stereocenters. The number of nitrogens with zero attached hydrogens (tertiary/aromatic N) is 1. The number of alkyl halides is 3. The zero-order valence-electron chi connectivity index (χ0n) is 20.3. The smallest absolute Gasteiger partial charge is 0.379 e. The maximum Gasteiger partial charge on any atom is 0.405 e. The van der Waals surface area contributed by atoms with Crippen molar-refractivity contribution in [2.24, 2.45) is 4.99 Å². The van der Waals surface area contributed by atoms with Crippen molar-refractivity contribution in [3.8, 4) is 11.1 Å². The summed E-state index contributed by atoms with van der Waals surface area (Å²) in [6.07, 6.45) is 0.749. The number of para-hydroxylation sites is 1. The maximum atomic E-state index is 13.1. The highest BCUT2D eigenvalue weighted by Crippen LogP contribution is 2.54. The Morgan fingerprint density at radius 3 is 2.17 bits per heavy atom. The van der Waals surface area contributed by atoms with Crippen LogP contribution in [0.3, 0.4) is 0 Å². The second-order valence-electron chi connectivity index (χ2n) is 9.12. The van der Waals surface area contributed by atoms with Gasteiger partial charge in [-0.25, -0.2) is 0 Å². The van der Waals surface area contributed by atoms with Gasteiger partial charge in [0.15, 0.2) is 0 Å². The number of unbranched alkanes of at least 4 members (excludes halogenated alkanes) is 1. The van der Waals surface area contributed by atoms with E-state index in [1.165, 1.54) is 5.56 Å². The lowest BCUT2D eigenvalue weighted by molar-refractivity contribution is -0.123. The van der Waals surface area contributed by atoms with E-state index in [9.17, 15) is 13.2 Å². The Kier molecular flexibility index (Phi) is 7.15. The molecular weight excluding hydrogens is 445 g/mol. The van der Waals surface area contributed by atoms with Crippen LogP contribution < -0.4 is 5.32 Å². The molecule has 1 aliphatic carbocycles. The zero-order chi connectivity index (χ0) is 25.1. The Hall–Kier alpha value is -3.34. The van der Waals surface area contributed by atoms with Crippen LogP contribution in [0.2, 0.25) is 0 Å². The predicted molar refractivity (Wildman–Crippen MR) is 138 cm³/mol. The standard InChI is InChI=1S/C30H31F3N2/c1-4-34-28-21(2)12-11-14-23(28)13-9-10-19-29(22(3)35-20-30(31,32)33)26-17-7-5-15-24(26)25-16-6-8-18-27(25)29/h4-8,11-12,14-18,35H,3,9-10,13,19-20H2,1-2H3. The van der Waals surface area contributed by atoms with Crippen LogP contribution >= 0.6 is 0 Å². The molecule has 0 spiro atoms. The first kappa shape index (κ1) is 24.8. The highest BCUT2D eigenvalue weighted by molar-refractivity contribution is 5.83. The highest BCUT2D eigenvalue weighted by atomic mass is 19.4. The number of hydrogen-bond donors (Lipinski definition) is 1. The molecule has 4 rings (SSSR count). The van der Waals surface area contributed by atoms with E-state index in [1.54, 1.807) is 0 Å². The van der Waals surface area contributed by atoms with Crippen LogP contribution in [0, 0.1) is 6.92 Å². The second-order valence-corrected chi connectivity index (χ2v) is 9.12. The molecule has 0 atom stereocenters. The topological polar surface area (TPSA) is 24.4 Å². The minimum atomic E-state index is -4.32. The maximum absolute atomic E-state index is 13.1. The van der Waals surface area contributed by atoms with Crippen molar-refractivity contribution in [3.05, 3.63) is 101 Å². The predicted octanol–water partition coefficient (Wildman–Crippen LogP) is 8.06. The monoisotopic (exact) mass is 476 g/mol. The third-order valence-corrected chi connectivity index (χ3v) is 6.91. The van der Waals surface area contributed by atoms with Crippen molar-refractivity contribution < 1.29 is 13.2 Å². The van der Waals surface area contributed by atoms with Crippen molar-refractivity contribution in [2.45, 2.75) is 51.1 Å². The zero-order valence-corrected chi connectivity index (χ0v) is 20.3. The number of fused-ring (bicyclic) bond motifs is 3. The van der Waals surface area contributed by atoms with E-state index >= 15 is 0 Å². The Morgan fingerprint density at radius 2 is 1.57 bits per heavy atom. The van der Waals surface area contributed by atoms with Crippen LogP contribution in [-0.2, 0) is 11.8 Å². The number of nitrogens with one attached hydrogen (secondary N) is 1. The second kappa shape index (κ2) is 10.1. The van der Waals surface area contributed by atoms with Gasteiger partial charge in [0.25, 0.3) is 0 Å². The molecular formula is C30H31F3N2. The largest absolute Gasteiger partial charge is 0.405 e. The lowest BCUT2D eigenvalue weighted by Crippen LogP contribution is -2.39. The molecule has 1 N–H and O–H groups in total. The molecule has 0 amide bonds. The molecule has 1 aliphatic rings. The minimum absolute atomic E-state index is 0.402. The molecule has 0 aromatic heterocycles. The van der Waals surface area contributed by atoms with Gasteiger partial charge >= 0.3 is 6.18 Å². The summed E-state index contributed by atoms with van der Waals surface area (Å²) in [5, 5.41) is 2.64. The Morgan fingerprint density at radius 1 is 0.943 bits per heavy atom. The quantitative estimate of drug-likeness (QED) is 0.245. The van der Waals surface area contributed by atoms with Crippen LogP contribution in [0.1, 0.15) is 48.4 Å². The average molecular weight is 477 g/mol.